The second-order valence-corrected chi connectivity index (χ2v) is 6.45. The third kappa shape index (κ3) is 4.39. The Hall–Kier alpha value is -3.02. The zero-order valence-corrected chi connectivity index (χ0v) is 15.7. The maximum atomic E-state index is 12.6. The fourth-order valence-electron chi connectivity index (χ4n) is 3.15. The molecule has 6 nitrogen and oxygen atoms in total. The molecule has 0 aromatic heterocycles. The third-order valence-electron chi connectivity index (χ3n) is 4.69. The third-order valence-corrected chi connectivity index (χ3v) is 4.69. The summed E-state index contributed by atoms with van der Waals surface area (Å²) in [7, 11) is 3.10. The van der Waals surface area contributed by atoms with Gasteiger partial charge in [0.25, 0.3) is 11.8 Å². The van der Waals surface area contributed by atoms with Gasteiger partial charge in [0, 0.05) is 30.3 Å². The Balaban J connectivity index is 1.71. The first-order valence-corrected chi connectivity index (χ1v) is 9.05. The number of nitrogens with zero attached hydrogens (tertiary/aromatic N) is 1. The van der Waals surface area contributed by atoms with Gasteiger partial charge in [0.05, 0.1) is 19.9 Å². The lowest BCUT2D eigenvalue weighted by Gasteiger charge is -2.26. The van der Waals surface area contributed by atoms with Crippen molar-refractivity contribution in [3.8, 4) is 11.5 Å². The van der Waals surface area contributed by atoms with Crippen LogP contribution in [0.1, 0.15) is 40.0 Å². The lowest BCUT2D eigenvalue weighted by Crippen LogP contribution is -2.35. The van der Waals surface area contributed by atoms with Gasteiger partial charge in [0.1, 0.15) is 11.5 Å². The summed E-state index contributed by atoms with van der Waals surface area (Å²) >= 11 is 0. The molecule has 1 aliphatic heterocycles. The second kappa shape index (κ2) is 8.58. The average molecular weight is 368 g/mol. The van der Waals surface area contributed by atoms with E-state index >= 15 is 0 Å². The molecule has 1 saturated heterocycles. The largest absolute Gasteiger partial charge is 0.497 e. The Kier molecular flexibility index (Phi) is 5.96. The molecule has 0 atom stereocenters. The molecule has 1 N–H and O–H groups in total. The molecule has 1 aliphatic rings. The number of nitrogens with one attached hydrogen (secondary N) is 1. The van der Waals surface area contributed by atoms with Gasteiger partial charge in [-0.05, 0) is 55.7 Å². The molecule has 0 radical (unpaired) electrons. The molecule has 2 aromatic rings. The molecular formula is C21H24N2O4. The van der Waals surface area contributed by atoms with E-state index in [1.54, 1.807) is 56.7 Å². The standard InChI is InChI=1S/C21H24N2O4/c1-26-17-10-11-19(27-2)18(14-17)22-20(24)15-6-8-16(9-7-15)21(25)23-12-4-3-5-13-23/h6-11,14H,3-5,12-13H2,1-2H3,(H,22,24). The van der Waals surface area contributed by atoms with Gasteiger partial charge >= 0.3 is 0 Å². The van der Waals surface area contributed by atoms with Crippen LogP contribution in [-0.4, -0.2) is 44.0 Å². The lowest BCUT2D eigenvalue weighted by atomic mass is 10.1. The van der Waals surface area contributed by atoms with Crippen LogP contribution in [0.3, 0.4) is 0 Å². The van der Waals surface area contributed by atoms with Gasteiger partial charge in [0.2, 0.25) is 0 Å². The molecule has 0 unspecified atom stereocenters. The summed E-state index contributed by atoms with van der Waals surface area (Å²) in [6, 6.07) is 11.9. The van der Waals surface area contributed by atoms with E-state index in [2.05, 4.69) is 5.32 Å². The number of ether oxygens (including phenoxy) is 2. The second-order valence-electron chi connectivity index (χ2n) is 6.45. The van der Waals surface area contributed by atoms with Crippen molar-refractivity contribution in [1.29, 1.82) is 0 Å². The summed E-state index contributed by atoms with van der Waals surface area (Å²) in [4.78, 5) is 27.0. The van der Waals surface area contributed by atoms with Gasteiger partial charge in [-0.2, -0.15) is 0 Å². The Labute approximate surface area is 159 Å². The summed E-state index contributed by atoms with van der Waals surface area (Å²) in [6.07, 6.45) is 3.28. The predicted octanol–water partition coefficient (Wildman–Crippen LogP) is 3.58. The van der Waals surface area contributed by atoms with E-state index < -0.39 is 0 Å². The zero-order valence-electron chi connectivity index (χ0n) is 15.7. The van der Waals surface area contributed by atoms with Crippen LogP contribution in [-0.2, 0) is 0 Å². The monoisotopic (exact) mass is 368 g/mol. The van der Waals surface area contributed by atoms with Crippen LogP contribution < -0.4 is 14.8 Å². The highest BCUT2D eigenvalue weighted by Crippen LogP contribution is 2.29. The van der Waals surface area contributed by atoms with Crippen LogP contribution in [0.2, 0.25) is 0 Å². The average Bonchev–Trinajstić information content (AvgIpc) is 2.73. The van der Waals surface area contributed by atoms with Gasteiger partial charge in [-0.3, -0.25) is 9.59 Å². The van der Waals surface area contributed by atoms with Crippen molar-refractivity contribution in [1.82, 2.24) is 4.90 Å². The van der Waals surface area contributed by atoms with Crippen molar-refractivity contribution in [2.45, 2.75) is 19.3 Å². The minimum Gasteiger partial charge on any atom is -0.497 e. The fraction of sp³-hybridized carbons (Fsp3) is 0.333. The summed E-state index contributed by atoms with van der Waals surface area (Å²) in [5.41, 5.74) is 1.60. The SMILES string of the molecule is COc1ccc(OC)c(NC(=O)c2ccc(C(=O)N3CCCCC3)cc2)c1. The topological polar surface area (TPSA) is 67.9 Å². The first kappa shape index (κ1) is 18.8. The molecule has 142 valence electrons. The van der Waals surface area contributed by atoms with Gasteiger partial charge in [-0.1, -0.05) is 0 Å². The van der Waals surface area contributed by atoms with Crippen molar-refractivity contribution < 1.29 is 19.1 Å². The van der Waals surface area contributed by atoms with Crippen LogP contribution in [0.25, 0.3) is 0 Å². The first-order chi connectivity index (χ1) is 13.1. The number of likely N-dealkylation sites (tertiary alicyclic amines) is 1. The molecule has 2 aromatic carbocycles. The van der Waals surface area contributed by atoms with Crippen molar-refractivity contribution in [2.24, 2.45) is 0 Å². The van der Waals surface area contributed by atoms with E-state index in [1.807, 2.05) is 4.90 Å². The van der Waals surface area contributed by atoms with Crippen LogP contribution in [0.5, 0.6) is 11.5 Å². The summed E-state index contributed by atoms with van der Waals surface area (Å²) < 4.78 is 10.5. The summed E-state index contributed by atoms with van der Waals surface area (Å²) in [5, 5.41) is 2.83. The quantitative estimate of drug-likeness (QED) is 0.876. The van der Waals surface area contributed by atoms with Gasteiger partial charge in [-0.25, -0.2) is 0 Å². The van der Waals surface area contributed by atoms with Crippen molar-refractivity contribution in [2.75, 3.05) is 32.6 Å². The van der Waals surface area contributed by atoms with E-state index in [1.165, 1.54) is 6.42 Å². The Morgan fingerprint density at radius 1 is 0.889 bits per heavy atom. The Bertz CT molecular complexity index is 811. The minimum atomic E-state index is -0.279. The number of methoxy groups -OCH3 is 2. The van der Waals surface area contributed by atoms with Gasteiger partial charge in [0.15, 0.2) is 0 Å². The Morgan fingerprint density at radius 3 is 2.19 bits per heavy atom. The molecular weight excluding hydrogens is 344 g/mol. The van der Waals surface area contributed by atoms with Crippen molar-refractivity contribution in [3.63, 3.8) is 0 Å². The smallest absolute Gasteiger partial charge is 0.255 e. The molecule has 27 heavy (non-hydrogen) atoms. The first-order valence-electron chi connectivity index (χ1n) is 9.05. The predicted molar refractivity (Wildman–Crippen MR) is 104 cm³/mol. The van der Waals surface area contributed by atoms with Crippen molar-refractivity contribution in [3.05, 3.63) is 53.6 Å². The van der Waals surface area contributed by atoms with Gasteiger partial charge < -0.3 is 19.7 Å². The van der Waals surface area contributed by atoms with Crippen molar-refractivity contribution >= 4 is 17.5 Å². The molecule has 6 heteroatoms. The van der Waals surface area contributed by atoms with E-state index in [-0.39, 0.29) is 11.8 Å². The number of anilines is 1. The number of hydrogen-bond acceptors (Lipinski definition) is 4. The lowest BCUT2D eigenvalue weighted by molar-refractivity contribution is 0.0724. The van der Waals surface area contributed by atoms with E-state index in [0.717, 1.165) is 25.9 Å². The normalized spacial score (nSPS) is 13.8. The van der Waals surface area contributed by atoms with E-state index in [0.29, 0.717) is 28.3 Å². The summed E-state index contributed by atoms with van der Waals surface area (Å²) in [6.45, 7) is 1.60. The van der Waals surface area contributed by atoms with Crippen LogP contribution in [0.4, 0.5) is 5.69 Å². The Morgan fingerprint density at radius 2 is 1.56 bits per heavy atom. The van der Waals surface area contributed by atoms with Crippen LogP contribution in [0, 0.1) is 0 Å². The highest BCUT2D eigenvalue weighted by molar-refractivity contribution is 6.05. The highest BCUT2D eigenvalue weighted by Gasteiger charge is 2.18. The maximum Gasteiger partial charge on any atom is 0.255 e. The molecule has 0 spiro atoms. The number of carbonyl (C=O) groups is 2. The molecule has 0 aliphatic carbocycles. The molecule has 0 saturated carbocycles. The number of hydrogen-bond donors (Lipinski definition) is 1. The minimum absolute atomic E-state index is 0.0242. The zero-order chi connectivity index (χ0) is 19.2. The molecule has 1 heterocycles. The van der Waals surface area contributed by atoms with Crippen LogP contribution >= 0.6 is 0 Å². The van der Waals surface area contributed by atoms with E-state index in [4.69, 9.17) is 9.47 Å². The van der Waals surface area contributed by atoms with Gasteiger partial charge in [-0.15, -0.1) is 0 Å². The van der Waals surface area contributed by atoms with E-state index in [9.17, 15) is 9.59 Å². The number of rotatable bonds is 5. The number of carbonyl (C=O) groups excluding carboxylic acids is 2. The number of amides is 2. The van der Waals surface area contributed by atoms with Crippen LogP contribution in [0.15, 0.2) is 42.5 Å². The fourth-order valence-corrected chi connectivity index (χ4v) is 3.15. The number of piperidine rings is 1. The highest BCUT2D eigenvalue weighted by atomic mass is 16.5. The molecule has 1 fully saturated rings. The molecule has 3 rings (SSSR count). The molecule has 2 amide bonds. The molecule has 0 bridgehead atoms. The number of benzene rings is 2. The maximum absolute atomic E-state index is 12.6. The summed E-state index contributed by atoms with van der Waals surface area (Å²) in [5.74, 6) is 0.907.